The summed E-state index contributed by atoms with van der Waals surface area (Å²) in [6.07, 6.45) is 4.95. The minimum atomic E-state index is -0.165. The Hall–Kier alpha value is -2.20. The first-order valence-electron chi connectivity index (χ1n) is 8.00. The minimum absolute atomic E-state index is 0.0522. The number of pyridine rings is 1. The van der Waals surface area contributed by atoms with Crippen LogP contribution in [-0.4, -0.2) is 30.1 Å². The van der Waals surface area contributed by atoms with Crippen LogP contribution < -0.4 is 5.32 Å². The largest absolute Gasteiger partial charge is 0.376 e. The Bertz CT molecular complexity index is 688. The minimum Gasteiger partial charge on any atom is -0.376 e. The highest BCUT2D eigenvalue weighted by atomic mass is 16.5. The van der Waals surface area contributed by atoms with Gasteiger partial charge in [0.1, 0.15) is 0 Å². The lowest BCUT2D eigenvalue weighted by Gasteiger charge is -2.40. The van der Waals surface area contributed by atoms with E-state index in [1.807, 2.05) is 43.3 Å². The SMILES string of the molecule is COC1(CNC(=O)c2cccc(-c3ccccn3)c2C)CCC1. The fraction of sp³-hybridized carbons (Fsp3) is 0.368. The molecule has 0 unspecified atom stereocenters. The summed E-state index contributed by atoms with van der Waals surface area (Å²) in [6.45, 7) is 2.53. The number of carbonyl (C=O) groups is 1. The number of rotatable bonds is 5. The molecule has 3 rings (SSSR count). The highest BCUT2D eigenvalue weighted by Gasteiger charge is 2.37. The first-order valence-corrected chi connectivity index (χ1v) is 8.00. The lowest BCUT2D eigenvalue weighted by molar-refractivity contribution is -0.0679. The van der Waals surface area contributed by atoms with Crippen LogP contribution in [0.3, 0.4) is 0 Å². The summed E-state index contributed by atoms with van der Waals surface area (Å²) in [4.78, 5) is 16.9. The zero-order valence-electron chi connectivity index (χ0n) is 13.6. The molecule has 0 spiro atoms. The molecule has 1 amide bonds. The summed E-state index contributed by atoms with van der Waals surface area (Å²) in [5, 5.41) is 3.03. The van der Waals surface area contributed by atoms with Gasteiger partial charge >= 0.3 is 0 Å². The van der Waals surface area contributed by atoms with Gasteiger partial charge in [-0.25, -0.2) is 0 Å². The number of aromatic nitrogens is 1. The number of methoxy groups -OCH3 is 1. The average Bonchev–Trinajstić information content (AvgIpc) is 2.55. The standard InChI is InChI=1S/C19H22N2O2/c1-14-15(17-9-3-4-12-20-17)7-5-8-16(14)18(22)21-13-19(23-2)10-6-11-19/h3-5,7-9,12H,6,10-11,13H2,1-2H3,(H,21,22). The second-order valence-electron chi connectivity index (χ2n) is 6.12. The first kappa shape index (κ1) is 15.7. The molecule has 1 aromatic carbocycles. The van der Waals surface area contributed by atoms with Crippen molar-refractivity contribution in [2.45, 2.75) is 31.8 Å². The third-order valence-corrected chi connectivity index (χ3v) is 4.79. The zero-order valence-corrected chi connectivity index (χ0v) is 13.6. The topological polar surface area (TPSA) is 51.2 Å². The molecule has 23 heavy (non-hydrogen) atoms. The van der Waals surface area contributed by atoms with E-state index in [1.54, 1.807) is 13.3 Å². The molecule has 0 bridgehead atoms. The van der Waals surface area contributed by atoms with Crippen molar-refractivity contribution >= 4 is 5.91 Å². The molecule has 1 saturated carbocycles. The molecule has 0 aliphatic heterocycles. The normalized spacial score (nSPS) is 15.7. The van der Waals surface area contributed by atoms with Gasteiger partial charge in [0.2, 0.25) is 0 Å². The second-order valence-corrected chi connectivity index (χ2v) is 6.12. The summed E-state index contributed by atoms with van der Waals surface area (Å²) in [5.74, 6) is -0.0522. The van der Waals surface area contributed by atoms with Gasteiger partial charge in [-0.15, -0.1) is 0 Å². The number of carbonyl (C=O) groups excluding carboxylic acids is 1. The van der Waals surface area contributed by atoms with Gasteiger partial charge in [0, 0.05) is 31.0 Å². The molecule has 1 fully saturated rings. The Balaban J connectivity index is 1.79. The van der Waals surface area contributed by atoms with Gasteiger partial charge in [-0.3, -0.25) is 9.78 Å². The third kappa shape index (κ3) is 3.13. The molecule has 2 aromatic rings. The van der Waals surface area contributed by atoms with E-state index in [-0.39, 0.29) is 11.5 Å². The van der Waals surface area contributed by atoms with Crippen LogP contribution in [0.15, 0.2) is 42.6 Å². The van der Waals surface area contributed by atoms with Crippen molar-refractivity contribution in [2.24, 2.45) is 0 Å². The van der Waals surface area contributed by atoms with E-state index in [0.717, 1.165) is 36.1 Å². The highest BCUT2D eigenvalue weighted by molar-refractivity contribution is 5.97. The van der Waals surface area contributed by atoms with Crippen LogP contribution >= 0.6 is 0 Å². The van der Waals surface area contributed by atoms with E-state index < -0.39 is 0 Å². The Morgan fingerprint density at radius 3 is 2.70 bits per heavy atom. The molecule has 1 aliphatic carbocycles. The predicted molar refractivity (Wildman–Crippen MR) is 90.3 cm³/mol. The number of nitrogens with one attached hydrogen (secondary N) is 1. The lowest BCUT2D eigenvalue weighted by atomic mass is 9.80. The summed E-state index contributed by atoms with van der Waals surface area (Å²) >= 11 is 0. The van der Waals surface area contributed by atoms with E-state index in [1.165, 1.54) is 0 Å². The van der Waals surface area contributed by atoms with Gasteiger partial charge in [-0.1, -0.05) is 18.2 Å². The summed E-state index contributed by atoms with van der Waals surface area (Å²) < 4.78 is 5.56. The van der Waals surface area contributed by atoms with Gasteiger partial charge in [0.15, 0.2) is 0 Å². The fourth-order valence-corrected chi connectivity index (χ4v) is 3.04. The molecular formula is C19H22N2O2. The number of ether oxygens (including phenoxy) is 1. The Morgan fingerprint density at radius 1 is 1.26 bits per heavy atom. The van der Waals surface area contributed by atoms with Crippen molar-refractivity contribution in [2.75, 3.05) is 13.7 Å². The molecule has 1 N–H and O–H groups in total. The van der Waals surface area contributed by atoms with Gasteiger partial charge in [0.25, 0.3) is 5.91 Å². The van der Waals surface area contributed by atoms with E-state index >= 15 is 0 Å². The van der Waals surface area contributed by atoms with Gasteiger partial charge in [-0.05, 0) is 49.9 Å². The van der Waals surface area contributed by atoms with Gasteiger partial charge in [0.05, 0.1) is 11.3 Å². The van der Waals surface area contributed by atoms with Gasteiger partial charge in [-0.2, -0.15) is 0 Å². The van der Waals surface area contributed by atoms with E-state index in [0.29, 0.717) is 12.1 Å². The van der Waals surface area contributed by atoms with E-state index in [9.17, 15) is 4.79 Å². The van der Waals surface area contributed by atoms with Crippen molar-refractivity contribution in [3.05, 3.63) is 53.7 Å². The lowest BCUT2D eigenvalue weighted by Crippen LogP contribution is -2.49. The highest BCUT2D eigenvalue weighted by Crippen LogP contribution is 2.34. The molecule has 0 atom stereocenters. The van der Waals surface area contributed by atoms with Crippen molar-refractivity contribution in [1.29, 1.82) is 0 Å². The molecular weight excluding hydrogens is 288 g/mol. The molecule has 4 nitrogen and oxygen atoms in total. The maximum atomic E-state index is 12.6. The van der Waals surface area contributed by atoms with Crippen LogP contribution in [0.5, 0.6) is 0 Å². The van der Waals surface area contributed by atoms with E-state index in [4.69, 9.17) is 4.74 Å². The van der Waals surface area contributed by atoms with Gasteiger partial charge < -0.3 is 10.1 Å². The fourth-order valence-electron chi connectivity index (χ4n) is 3.04. The number of hydrogen-bond donors (Lipinski definition) is 1. The van der Waals surface area contributed by atoms with Crippen molar-refractivity contribution in [1.82, 2.24) is 10.3 Å². The molecule has 0 radical (unpaired) electrons. The van der Waals surface area contributed by atoms with Crippen LogP contribution in [0.4, 0.5) is 0 Å². The van der Waals surface area contributed by atoms with Crippen LogP contribution in [0.2, 0.25) is 0 Å². The van der Waals surface area contributed by atoms with Crippen LogP contribution in [0, 0.1) is 6.92 Å². The second kappa shape index (κ2) is 6.50. The van der Waals surface area contributed by atoms with Crippen LogP contribution in [0.1, 0.15) is 35.2 Å². The Labute approximate surface area is 136 Å². The number of amides is 1. The van der Waals surface area contributed by atoms with Crippen LogP contribution in [-0.2, 0) is 4.74 Å². The van der Waals surface area contributed by atoms with Crippen LogP contribution in [0.25, 0.3) is 11.3 Å². The molecule has 1 aromatic heterocycles. The summed E-state index contributed by atoms with van der Waals surface area (Å²) in [7, 11) is 1.72. The zero-order chi connectivity index (χ0) is 16.3. The number of benzene rings is 1. The monoisotopic (exact) mass is 310 g/mol. The summed E-state index contributed by atoms with van der Waals surface area (Å²) in [6, 6.07) is 11.6. The first-order chi connectivity index (χ1) is 11.2. The maximum absolute atomic E-state index is 12.6. The average molecular weight is 310 g/mol. The van der Waals surface area contributed by atoms with E-state index in [2.05, 4.69) is 10.3 Å². The smallest absolute Gasteiger partial charge is 0.251 e. The summed E-state index contributed by atoms with van der Waals surface area (Å²) in [5.41, 5.74) is 3.35. The third-order valence-electron chi connectivity index (χ3n) is 4.79. The number of hydrogen-bond acceptors (Lipinski definition) is 3. The van der Waals surface area contributed by atoms with Crippen molar-refractivity contribution < 1.29 is 9.53 Å². The Morgan fingerprint density at radius 2 is 2.09 bits per heavy atom. The molecule has 1 aliphatic rings. The number of nitrogens with zero attached hydrogens (tertiary/aromatic N) is 1. The predicted octanol–water partition coefficient (Wildman–Crippen LogP) is 3.36. The van der Waals surface area contributed by atoms with Crippen molar-refractivity contribution in [3.8, 4) is 11.3 Å². The molecule has 0 saturated heterocycles. The maximum Gasteiger partial charge on any atom is 0.251 e. The van der Waals surface area contributed by atoms with Crippen molar-refractivity contribution in [3.63, 3.8) is 0 Å². The molecule has 1 heterocycles. The molecule has 120 valence electrons. The molecule has 4 heteroatoms. The quantitative estimate of drug-likeness (QED) is 0.921. The Kier molecular flexibility index (Phi) is 4.44.